The Kier molecular flexibility index (Phi) is 11.0. The highest BCUT2D eigenvalue weighted by Crippen LogP contribution is 2.19. The minimum absolute atomic E-state index is 0.0134. The largest absolute Gasteiger partial charge is 0.486 e. The molecule has 1 N–H and O–H groups in total. The lowest BCUT2D eigenvalue weighted by atomic mass is 9.99. The summed E-state index contributed by atoms with van der Waals surface area (Å²) >= 11 is 0. The van der Waals surface area contributed by atoms with E-state index in [2.05, 4.69) is 35.6 Å². The predicted octanol–water partition coefficient (Wildman–Crippen LogP) is 5.79. The molecule has 3 nitrogen and oxygen atoms in total. The third-order valence-corrected chi connectivity index (χ3v) is 3.81. The van der Waals surface area contributed by atoms with Crippen LogP contribution in [0.2, 0.25) is 0 Å². The Morgan fingerprint density at radius 3 is 2.46 bits per heavy atom. The minimum Gasteiger partial charge on any atom is -0.486 e. The van der Waals surface area contributed by atoms with Gasteiger partial charge in [-0.2, -0.15) is 0 Å². The van der Waals surface area contributed by atoms with E-state index in [9.17, 15) is 4.39 Å². The molecule has 1 aliphatic heterocycles. The molecule has 0 bridgehead atoms. The molecule has 0 spiro atoms. The number of hydrogen-bond donors (Lipinski definition) is 1. The summed E-state index contributed by atoms with van der Waals surface area (Å²) < 4.78 is 18.6. The van der Waals surface area contributed by atoms with Crippen molar-refractivity contribution in [2.75, 3.05) is 6.61 Å². The Hall–Kier alpha value is -2.88. The van der Waals surface area contributed by atoms with E-state index < -0.39 is 0 Å². The molecule has 0 aromatic heterocycles. The van der Waals surface area contributed by atoms with E-state index in [1.165, 1.54) is 12.1 Å². The zero-order valence-electron chi connectivity index (χ0n) is 17.1. The fraction of sp³-hybridized carbons (Fsp3) is 0.292. The van der Waals surface area contributed by atoms with Crippen LogP contribution in [-0.2, 0) is 0 Å². The number of rotatable bonds is 8. The molecule has 2 rings (SSSR count). The van der Waals surface area contributed by atoms with E-state index in [0.29, 0.717) is 12.4 Å². The van der Waals surface area contributed by atoms with Crippen LogP contribution in [0.1, 0.15) is 27.2 Å². The molecule has 0 unspecified atom stereocenters. The number of allylic oxidation sites excluding steroid dienone is 6. The summed E-state index contributed by atoms with van der Waals surface area (Å²) in [7, 11) is 0. The number of halogens is 1. The maximum Gasteiger partial charge on any atom is 0.145 e. The highest BCUT2D eigenvalue weighted by Gasteiger charge is 2.28. The fourth-order valence-corrected chi connectivity index (χ4v) is 2.55. The lowest BCUT2D eigenvalue weighted by Gasteiger charge is -2.18. The van der Waals surface area contributed by atoms with Crippen LogP contribution in [0.15, 0.2) is 90.5 Å². The monoisotopic (exact) mass is 382 g/mol. The molecule has 0 saturated carbocycles. The molecule has 0 fully saturated rings. The van der Waals surface area contributed by atoms with Gasteiger partial charge in [-0.1, -0.05) is 49.1 Å². The molecule has 1 aliphatic rings. The highest BCUT2D eigenvalue weighted by molar-refractivity contribution is 5.86. The quantitative estimate of drug-likeness (QED) is 0.456. The Morgan fingerprint density at radius 2 is 1.86 bits per heavy atom. The second-order valence-electron chi connectivity index (χ2n) is 6.18. The standard InChI is InChI=1S/C21H25FN2O.C3H6/c1-4-6-7-8-10-16(3)21-19(9-5-2)23-20(24-21)15-25-18-13-11-17(22)12-14-18;1-3-2/h4-9,11-14,19,21H,3,10,15H2,1-2H3,(H,23,24);3H,1H2,2H3/b6-4-,8-7?,9-5+;/t19-,21+;/m0./s1. The third-order valence-electron chi connectivity index (χ3n) is 3.81. The van der Waals surface area contributed by atoms with Crippen LogP contribution in [0.3, 0.4) is 0 Å². The van der Waals surface area contributed by atoms with E-state index in [0.717, 1.165) is 17.8 Å². The molecule has 0 radical (unpaired) electrons. The van der Waals surface area contributed by atoms with Gasteiger partial charge in [-0.05, 0) is 57.0 Å². The van der Waals surface area contributed by atoms with Crippen molar-refractivity contribution in [3.8, 4) is 5.75 Å². The summed E-state index contributed by atoms with van der Waals surface area (Å²) in [6, 6.07) is 6.04. The van der Waals surface area contributed by atoms with Crippen LogP contribution in [0.25, 0.3) is 0 Å². The van der Waals surface area contributed by atoms with Gasteiger partial charge in [0.05, 0.1) is 12.1 Å². The lowest BCUT2D eigenvalue weighted by Crippen LogP contribution is -2.37. The summed E-state index contributed by atoms with van der Waals surface area (Å²) in [5.41, 5.74) is 1.07. The molecule has 0 aliphatic carbocycles. The molecule has 1 aromatic carbocycles. The first-order chi connectivity index (χ1) is 13.5. The molecule has 1 heterocycles. The number of ether oxygens (including phenoxy) is 1. The van der Waals surface area contributed by atoms with Gasteiger partial charge in [0.1, 0.15) is 24.0 Å². The number of nitrogens with one attached hydrogen (secondary N) is 1. The second-order valence-corrected chi connectivity index (χ2v) is 6.18. The van der Waals surface area contributed by atoms with Gasteiger partial charge in [0, 0.05) is 0 Å². The normalized spacial score (nSPS) is 18.6. The van der Waals surface area contributed by atoms with Gasteiger partial charge in [0.15, 0.2) is 0 Å². The van der Waals surface area contributed by atoms with Crippen molar-refractivity contribution in [2.45, 2.75) is 39.3 Å². The predicted molar refractivity (Wildman–Crippen MR) is 118 cm³/mol. The molecule has 28 heavy (non-hydrogen) atoms. The molecule has 150 valence electrons. The van der Waals surface area contributed by atoms with Gasteiger partial charge >= 0.3 is 0 Å². The number of amidine groups is 1. The molecule has 0 saturated heterocycles. The van der Waals surface area contributed by atoms with E-state index in [1.54, 1.807) is 18.2 Å². The van der Waals surface area contributed by atoms with Crippen LogP contribution >= 0.6 is 0 Å². The molecule has 4 heteroatoms. The summed E-state index contributed by atoms with van der Waals surface area (Å²) in [5.74, 6) is 1.11. The average molecular weight is 383 g/mol. The first-order valence-corrected chi connectivity index (χ1v) is 9.42. The van der Waals surface area contributed by atoms with Gasteiger partial charge in [-0.15, -0.1) is 6.58 Å². The number of hydrogen-bond acceptors (Lipinski definition) is 3. The Morgan fingerprint density at radius 1 is 1.18 bits per heavy atom. The highest BCUT2D eigenvalue weighted by atomic mass is 19.1. The summed E-state index contributed by atoms with van der Waals surface area (Å²) in [5, 5.41) is 3.40. The number of nitrogens with zero attached hydrogens (tertiary/aromatic N) is 1. The van der Waals surface area contributed by atoms with Gasteiger partial charge in [0.25, 0.3) is 0 Å². The lowest BCUT2D eigenvalue weighted by molar-refractivity contribution is 0.372. The maximum atomic E-state index is 12.9. The van der Waals surface area contributed by atoms with Gasteiger partial charge in [-0.25, -0.2) is 4.39 Å². The molecule has 0 amide bonds. The van der Waals surface area contributed by atoms with Crippen molar-refractivity contribution in [1.29, 1.82) is 0 Å². The molecule has 1 aromatic rings. The van der Waals surface area contributed by atoms with E-state index >= 15 is 0 Å². The summed E-state index contributed by atoms with van der Waals surface area (Å²) in [4.78, 5) is 4.68. The average Bonchev–Trinajstić information content (AvgIpc) is 3.09. The molecular formula is C24H31FN2O. The third kappa shape index (κ3) is 8.21. The summed E-state index contributed by atoms with van der Waals surface area (Å²) in [6.45, 7) is 13.7. The van der Waals surface area contributed by atoms with Gasteiger partial charge < -0.3 is 10.1 Å². The second kappa shape index (κ2) is 13.3. The minimum atomic E-state index is -0.279. The van der Waals surface area contributed by atoms with Crippen LogP contribution in [0.4, 0.5) is 4.39 Å². The van der Waals surface area contributed by atoms with Crippen molar-refractivity contribution in [2.24, 2.45) is 4.99 Å². The van der Waals surface area contributed by atoms with Crippen LogP contribution in [-0.4, -0.2) is 24.5 Å². The van der Waals surface area contributed by atoms with Crippen LogP contribution < -0.4 is 10.1 Å². The smallest absolute Gasteiger partial charge is 0.145 e. The topological polar surface area (TPSA) is 33.6 Å². The zero-order chi connectivity index (χ0) is 20.8. The van der Waals surface area contributed by atoms with Crippen molar-refractivity contribution in [1.82, 2.24) is 5.32 Å². The fourth-order valence-electron chi connectivity index (χ4n) is 2.55. The van der Waals surface area contributed by atoms with E-state index in [4.69, 9.17) is 4.74 Å². The van der Waals surface area contributed by atoms with Crippen molar-refractivity contribution >= 4 is 5.84 Å². The van der Waals surface area contributed by atoms with E-state index in [1.807, 2.05) is 45.1 Å². The van der Waals surface area contributed by atoms with Crippen molar-refractivity contribution in [3.63, 3.8) is 0 Å². The first kappa shape index (κ1) is 23.2. The maximum absolute atomic E-state index is 12.9. The van der Waals surface area contributed by atoms with Crippen molar-refractivity contribution < 1.29 is 9.13 Å². The Balaban J connectivity index is 0.00000122. The molecular weight excluding hydrogens is 351 g/mol. The zero-order valence-corrected chi connectivity index (χ0v) is 17.1. The Bertz CT molecular complexity index is 729. The Labute approximate surface area is 168 Å². The SMILES string of the molecule is C=C(CC=C/C=C\C)[C@H]1NC(COc2ccc(F)cc2)=N[C@H]1/C=C/C.C=CC. The van der Waals surface area contributed by atoms with Gasteiger partial charge in [0.2, 0.25) is 0 Å². The van der Waals surface area contributed by atoms with Gasteiger partial charge in [-0.3, -0.25) is 4.99 Å². The molecule has 2 atom stereocenters. The summed E-state index contributed by atoms with van der Waals surface area (Å²) in [6.07, 6.45) is 14.7. The van der Waals surface area contributed by atoms with E-state index in [-0.39, 0.29) is 17.9 Å². The number of benzene rings is 1. The number of aliphatic imine (C=N–C) groups is 1. The van der Waals surface area contributed by atoms with Crippen LogP contribution in [0, 0.1) is 5.82 Å². The van der Waals surface area contributed by atoms with Crippen LogP contribution in [0.5, 0.6) is 5.75 Å². The van der Waals surface area contributed by atoms with Crippen molar-refractivity contribution in [3.05, 3.63) is 91.3 Å². The first-order valence-electron chi connectivity index (χ1n) is 9.42.